The van der Waals surface area contributed by atoms with Crippen LogP contribution in [0.15, 0.2) is 48.5 Å². The molecular formula is C16H16ClN3O3. The van der Waals surface area contributed by atoms with Crippen molar-refractivity contribution in [3.63, 3.8) is 0 Å². The van der Waals surface area contributed by atoms with Gasteiger partial charge in [-0.3, -0.25) is 10.2 Å². The quantitative estimate of drug-likeness (QED) is 0.753. The van der Waals surface area contributed by atoms with Crippen LogP contribution in [-0.4, -0.2) is 18.5 Å². The minimum Gasteiger partial charge on any atom is -0.483 e. The van der Waals surface area contributed by atoms with E-state index < -0.39 is 11.9 Å². The number of hydrogen-bond acceptors (Lipinski definition) is 3. The second-order valence-electron chi connectivity index (χ2n) is 4.69. The van der Waals surface area contributed by atoms with Crippen LogP contribution >= 0.6 is 11.6 Å². The number of rotatable bonds is 4. The fraction of sp³-hybridized carbons (Fsp3) is 0.125. The largest absolute Gasteiger partial charge is 0.483 e. The molecule has 0 bridgehead atoms. The van der Waals surface area contributed by atoms with Crippen molar-refractivity contribution in [1.29, 1.82) is 0 Å². The molecule has 2 aromatic carbocycles. The van der Waals surface area contributed by atoms with Gasteiger partial charge >= 0.3 is 6.03 Å². The predicted molar refractivity (Wildman–Crippen MR) is 88.4 cm³/mol. The molecule has 120 valence electrons. The van der Waals surface area contributed by atoms with Gasteiger partial charge in [0.15, 0.2) is 6.61 Å². The first kappa shape index (κ1) is 16.6. The number of anilines is 1. The Labute approximate surface area is 138 Å². The summed E-state index contributed by atoms with van der Waals surface area (Å²) in [7, 11) is 0. The number of hydrazine groups is 1. The Morgan fingerprint density at radius 1 is 1.09 bits per heavy atom. The molecule has 7 heteroatoms. The van der Waals surface area contributed by atoms with Crippen molar-refractivity contribution in [2.24, 2.45) is 0 Å². The fourth-order valence-corrected chi connectivity index (χ4v) is 1.94. The number of nitrogens with one attached hydrogen (secondary N) is 3. The van der Waals surface area contributed by atoms with E-state index in [4.69, 9.17) is 16.3 Å². The molecule has 0 heterocycles. The van der Waals surface area contributed by atoms with Gasteiger partial charge in [0.05, 0.1) is 0 Å². The first-order chi connectivity index (χ1) is 11.0. The Balaban J connectivity index is 1.74. The van der Waals surface area contributed by atoms with Crippen molar-refractivity contribution in [3.05, 3.63) is 59.1 Å². The van der Waals surface area contributed by atoms with Crippen molar-refractivity contribution in [3.8, 4) is 5.75 Å². The van der Waals surface area contributed by atoms with Crippen molar-refractivity contribution in [2.75, 3.05) is 11.9 Å². The zero-order valence-electron chi connectivity index (χ0n) is 12.4. The summed E-state index contributed by atoms with van der Waals surface area (Å²) < 4.78 is 5.36. The highest BCUT2D eigenvalue weighted by atomic mass is 35.5. The molecule has 2 rings (SSSR count). The van der Waals surface area contributed by atoms with Gasteiger partial charge in [-0.15, -0.1) is 0 Å². The molecule has 0 radical (unpaired) electrons. The SMILES string of the molecule is Cc1ccccc1OCC(=O)NNC(=O)Nc1cccc(Cl)c1. The molecule has 0 fully saturated rings. The highest BCUT2D eigenvalue weighted by molar-refractivity contribution is 6.30. The number of ether oxygens (including phenoxy) is 1. The van der Waals surface area contributed by atoms with Crippen LogP contribution in [-0.2, 0) is 4.79 Å². The van der Waals surface area contributed by atoms with E-state index in [1.807, 2.05) is 25.1 Å². The van der Waals surface area contributed by atoms with E-state index in [0.29, 0.717) is 16.5 Å². The summed E-state index contributed by atoms with van der Waals surface area (Å²) in [5.41, 5.74) is 5.91. The lowest BCUT2D eigenvalue weighted by atomic mass is 10.2. The molecule has 0 aromatic heterocycles. The van der Waals surface area contributed by atoms with Crippen molar-refractivity contribution >= 4 is 29.2 Å². The lowest BCUT2D eigenvalue weighted by molar-refractivity contribution is -0.123. The third-order valence-electron chi connectivity index (χ3n) is 2.85. The molecule has 0 spiro atoms. The van der Waals surface area contributed by atoms with E-state index in [-0.39, 0.29) is 6.61 Å². The van der Waals surface area contributed by atoms with Crippen LogP contribution in [0.2, 0.25) is 5.02 Å². The zero-order chi connectivity index (χ0) is 16.7. The lowest BCUT2D eigenvalue weighted by Gasteiger charge is -2.11. The van der Waals surface area contributed by atoms with Crippen LogP contribution in [0.5, 0.6) is 5.75 Å². The normalized spacial score (nSPS) is 9.83. The molecule has 2 aromatic rings. The Kier molecular flexibility index (Phi) is 5.82. The Morgan fingerprint density at radius 2 is 1.87 bits per heavy atom. The third-order valence-corrected chi connectivity index (χ3v) is 3.09. The van der Waals surface area contributed by atoms with Crippen LogP contribution in [0.4, 0.5) is 10.5 Å². The average molecular weight is 334 g/mol. The Hall–Kier alpha value is -2.73. The molecular weight excluding hydrogens is 318 g/mol. The highest BCUT2D eigenvalue weighted by Gasteiger charge is 2.07. The monoisotopic (exact) mass is 333 g/mol. The summed E-state index contributed by atoms with van der Waals surface area (Å²) in [5.74, 6) is 0.139. The standard InChI is InChI=1S/C16H16ClN3O3/c1-11-5-2-3-8-14(11)23-10-15(21)19-20-16(22)18-13-7-4-6-12(17)9-13/h2-9H,10H2,1H3,(H,19,21)(H2,18,20,22). The molecule has 0 unspecified atom stereocenters. The predicted octanol–water partition coefficient (Wildman–Crippen LogP) is 2.88. The van der Waals surface area contributed by atoms with Crippen LogP contribution < -0.4 is 20.9 Å². The summed E-state index contributed by atoms with van der Waals surface area (Å²) >= 11 is 5.81. The van der Waals surface area contributed by atoms with E-state index in [2.05, 4.69) is 16.2 Å². The maximum atomic E-state index is 11.6. The average Bonchev–Trinajstić information content (AvgIpc) is 2.52. The number of hydrogen-bond donors (Lipinski definition) is 3. The fourth-order valence-electron chi connectivity index (χ4n) is 1.75. The minimum absolute atomic E-state index is 0.206. The van der Waals surface area contributed by atoms with Gasteiger partial charge in [0.1, 0.15) is 5.75 Å². The molecule has 23 heavy (non-hydrogen) atoms. The maximum absolute atomic E-state index is 11.6. The number of urea groups is 1. The van der Waals surface area contributed by atoms with Gasteiger partial charge in [-0.2, -0.15) is 0 Å². The number of amides is 3. The number of para-hydroxylation sites is 1. The smallest absolute Gasteiger partial charge is 0.337 e. The number of halogens is 1. The van der Waals surface area contributed by atoms with Gasteiger partial charge in [-0.25, -0.2) is 10.2 Å². The second kappa shape index (κ2) is 8.05. The van der Waals surface area contributed by atoms with Crippen molar-refractivity contribution in [2.45, 2.75) is 6.92 Å². The van der Waals surface area contributed by atoms with Gasteiger partial charge in [-0.05, 0) is 36.8 Å². The number of carbonyl (C=O) groups excluding carboxylic acids is 2. The van der Waals surface area contributed by atoms with Crippen molar-refractivity contribution in [1.82, 2.24) is 10.9 Å². The molecule has 6 nitrogen and oxygen atoms in total. The molecule has 3 N–H and O–H groups in total. The molecule has 0 aliphatic rings. The van der Waals surface area contributed by atoms with Gasteiger partial charge in [-0.1, -0.05) is 35.9 Å². The summed E-state index contributed by atoms with van der Waals surface area (Å²) in [6, 6.07) is 13.4. The van der Waals surface area contributed by atoms with Gasteiger partial charge in [0.2, 0.25) is 0 Å². The van der Waals surface area contributed by atoms with Gasteiger partial charge in [0.25, 0.3) is 5.91 Å². The highest BCUT2D eigenvalue weighted by Crippen LogP contribution is 2.16. The summed E-state index contributed by atoms with van der Waals surface area (Å²) in [4.78, 5) is 23.3. The van der Waals surface area contributed by atoms with E-state index in [0.717, 1.165) is 5.56 Å². The van der Waals surface area contributed by atoms with Crippen molar-refractivity contribution < 1.29 is 14.3 Å². The third kappa shape index (κ3) is 5.52. The first-order valence-electron chi connectivity index (χ1n) is 6.84. The van der Waals surface area contributed by atoms with Gasteiger partial charge < -0.3 is 10.1 Å². The summed E-state index contributed by atoms with van der Waals surface area (Å²) in [6.45, 7) is 1.67. The first-order valence-corrected chi connectivity index (χ1v) is 7.22. The van der Waals surface area contributed by atoms with E-state index in [9.17, 15) is 9.59 Å². The zero-order valence-corrected chi connectivity index (χ0v) is 13.2. The van der Waals surface area contributed by atoms with E-state index >= 15 is 0 Å². The molecule has 0 saturated carbocycles. The Bertz CT molecular complexity index is 706. The van der Waals surface area contributed by atoms with Crippen LogP contribution in [0, 0.1) is 6.92 Å². The van der Waals surface area contributed by atoms with Crippen LogP contribution in [0.3, 0.4) is 0 Å². The molecule has 0 atom stereocenters. The summed E-state index contributed by atoms with van der Waals surface area (Å²) in [6.07, 6.45) is 0. The maximum Gasteiger partial charge on any atom is 0.337 e. The number of carbonyl (C=O) groups is 2. The number of aryl methyl sites for hydroxylation is 1. The van der Waals surface area contributed by atoms with E-state index in [1.165, 1.54) is 0 Å². The topological polar surface area (TPSA) is 79.5 Å². The molecule has 3 amide bonds. The van der Waals surface area contributed by atoms with Crippen LogP contribution in [0.1, 0.15) is 5.56 Å². The second-order valence-corrected chi connectivity index (χ2v) is 5.13. The van der Waals surface area contributed by atoms with E-state index in [1.54, 1.807) is 30.3 Å². The lowest BCUT2D eigenvalue weighted by Crippen LogP contribution is -2.45. The molecule has 0 saturated heterocycles. The minimum atomic E-state index is -0.587. The molecule has 0 aliphatic carbocycles. The Morgan fingerprint density at radius 3 is 2.61 bits per heavy atom. The molecule has 0 aliphatic heterocycles. The van der Waals surface area contributed by atoms with Crippen LogP contribution in [0.25, 0.3) is 0 Å². The van der Waals surface area contributed by atoms with Gasteiger partial charge in [0, 0.05) is 10.7 Å². The summed E-state index contributed by atoms with van der Waals surface area (Å²) in [5, 5.41) is 3.03. The number of benzene rings is 2.